The van der Waals surface area contributed by atoms with E-state index in [9.17, 15) is 9.90 Å². The Hall–Kier alpha value is -0.850. The molecule has 0 spiro atoms. The monoisotopic (exact) mass is 314 g/mol. The van der Waals surface area contributed by atoms with Crippen LogP contribution in [0.3, 0.4) is 0 Å². The Morgan fingerprint density at radius 1 is 1.23 bits per heavy atom. The minimum Gasteiger partial charge on any atom is -0.444 e. The highest BCUT2D eigenvalue weighted by Crippen LogP contribution is 2.19. The highest BCUT2D eigenvalue weighted by Gasteiger charge is 2.28. The zero-order chi connectivity index (χ0) is 16.2. The van der Waals surface area contributed by atoms with E-state index < -0.39 is 5.60 Å². The number of nitrogens with one attached hydrogen (secondary N) is 1. The summed E-state index contributed by atoms with van der Waals surface area (Å²) in [6, 6.07) is 0.519. The standard InChI is InChI=1S/C16H30N2O4/c1-16(2,3)22-15(20)18-8-9-21-11-13(10-18)17-12-4-6-14(19)7-5-12/h12-14,17,19H,4-11H2,1-3H3. The SMILES string of the molecule is CC(C)(C)OC(=O)N1CCOCC(NC2CCC(O)CC2)C1. The topological polar surface area (TPSA) is 71.0 Å². The molecule has 0 aromatic rings. The summed E-state index contributed by atoms with van der Waals surface area (Å²) in [5.74, 6) is 0. The number of carbonyl (C=O) groups excluding carboxylic acids is 1. The number of hydrogen-bond donors (Lipinski definition) is 2. The van der Waals surface area contributed by atoms with E-state index in [1.165, 1.54) is 0 Å². The maximum absolute atomic E-state index is 12.2. The second-order valence-corrected chi connectivity index (χ2v) is 7.37. The smallest absolute Gasteiger partial charge is 0.410 e. The fraction of sp³-hybridized carbons (Fsp3) is 0.938. The molecule has 1 heterocycles. The Labute approximate surface area is 133 Å². The maximum atomic E-state index is 12.2. The van der Waals surface area contributed by atoms with Gasteiger partial charge in [0.25, 0.3) is 0 Å². The highest BCUT2D eigenvalue weighted by molar-refractivity contribution is 5.68. The zero-order valence-electron chi connectivity index (χ0n) is 14.0. The van der Waals surface area contributed by atoms with Gasteiger partial charge in [0.15, 0.2) is 0 Å². The molecule has 2 rings (SSSR count). The summed E-state index contributed by atoms with van der Waals surface area (Å²) >= 11 is 0. The van der Waals surface area contributed by atoms with Crippen LogP contribution in [0.2, 0.25) is 0 Å². The number of aliphatic hydroxyl groups excluding tert-OH is 1. The first-order valence-corrected chi connectivity index (χ1v) is 8.33. The van der Waals surface area contributed by atoms with E-state index in [0.717, 1.165) is 25.7 Å². The Bertz CT molecular complexity index is 362. The third-order valence-electron chi connectivity index (χ3n) is 4.09. The number of hydrogen-bond acceptors (Lipinski definition) is 5. The highest BCUT2D eigenvalue weighted by atomic mass is 16.6. The fourth-order valence-electron chi connectivity index (χ4n) is 2.98. The van der Waals surface area contributed by atoms with Crippen LogP contribution in [-0.2, 0) is 9.47 Å². The molecule has 1 unspecified atom stereocenters. The molecule has 0 radical (unpaired) electrons. The molecule has 1 aliphatic heterocycles. The first-order valence-electron chi connectivity index (χ1n) is 8.33. The largest absolute Gasteiger partial charge is 0.444 e. The van der Waals surface area contributed by atoms with Gasteiger partial charge in [0.2, 0.25) is 0 Å². The molecule has 6 nitrogen and oxygen atoms in total. The van der Waals surface area contributed by atoms with Gasteiger partial charge in [-0.15, -0.1) is 0 Å². The number of carbonyl (C=O) groups is 1. The van der Waals surface area contributed by atoms with E-state index in [4.69, 9.17) is 9.47 Å². The third kappa shape index (κ3) is 5.74. The lowest BCUT2D eigenvalue weighted by molar-refractivity contribution is 0.0236. The average Bonchev–Trinajstić information content (AvgIpc) is 2.65. The van der Waals surface area contributed by atoms with Crippen molar-refractivity contribution in [3.05, 3.63) is 0 Å². The van der Waals surface area contributed by atoms with E-state index in [2.05, 4.69) is 5.32 Å². The molecule has 1 saturated carbocycles. The lowest BCUT2D eigenvalue weighted by Crippen LogP contribution is -2.49. The average molecular weight is 314 g/mol. The predicted octanol–water partition coefficient (Wildman–Crippen LogP) is 1.52. The van der Waals surface area contributed by atoms with Crippen molar-refractivity contribution in [2.75, 3.05) is 26.3 Å². The zero-order valence-corrected chi connectivity index (χ0v) is 14.0. The summed E-state index contributed by atoms with van der Waals surface area (Å²) in [7, 11) is 0. The van der Waals surface area contributed by atoms with Crippen molar-refractivity contribution in [2.45, 2.75) is 70.2 Å². The molecule has 22 heavy (non-hydrogen) atoms. The van der Waals surface area contributed by atoms with E-state index >= 15 is 0 Å². The van der Waals surface area contributed by atoms with Crippen LogP contribution < -0.4 is 5.32 Å². The molecule has 2 aliphatic rings. The van der Waals surface area contributed by atoms with Crippen molar-refractivity contribution >= 4 is 6.09 Å². The van der Waals surface area contributed by atoms with Gasteiger partial charge in [0, 0.05) is 25.2 Å². The molecule has 1 atom stereocenters. The van der Waals surface area contributed by atoms with E-state index in [-0.39, 0.29) is 18.2 Å². The molecule has 0 aromatic carbocycles. The van der Waals surface area contributed by atoms with Crippen LogP contribution in [-0.4, -0.2) is 66.2 Å². The maximum Gasteiger partial charge on any atom is 0.410 e. The van der Waals surface area contributed by atoms with Gasteiger partial charge in [-0.25, -0.2) is 4.79 Å². The molecular formula is C16H30N2O4. The second-order valence-electron chi connectivity index (χ2n) is 7.37. The summed E-state index contributed by atoms with van der Waals surface area (Å²) in [4.78, 5) is 14.0. The van der Waals surface area contributed by atoms with Crippen LogP contribution in [0.1, 0.15) is 46.5 Å². The van der Waals surface area contributed by atoms with Gasteiger partial charge >= 0.3 is 6.09 Å². The Morgan fingerprint density at radius 3 is 2.55 bits per heavy atom. The van der Waals surface area contributed by atoms with Crippen LogP contribution in [0.25, 0.3) is 0 Å². The molecule has 6 heteroatoms. The van der Waals surface area contributed by atoms with E-state index in [0.29, 0.717) is 32.3 Å². The molecule has 1 saturated heterocycles. The van der Waals surface area contributed by atoms with Crippen molar-refractivity contribution < 1.29 is 19.4 Å². The number of nitrogens with zero attached hydrogens (tertiary/aromatic N) is 1. The Balaban J connectivity index is 1.85. The first-order chi connectivity index (χ1) is 10.3. The van der Waals surface area contributed by atoms with Crippen molar-refractivity contribution in [3.8, 4) is 0 Å². The summed E-state index contributed by atoms with van der Waals surface area (Å²) in [5, 5.41) is 13.2. The molecule has 128 valence electrons. The summed E-state index contributed by atoms with van der Waals surface area (Å²) < 4.78 is 11.1. The van der Waals surface area contributed by atoms with Crippen LogP contribution >= 0.6 is 0 Å². The number of rotatable bonds is 2. The quantitative estimate of drug-likeness (QED) is 0.808. The van der Waals surface area contributed by atoms with Crippen molar-refractivity contribution in [1.82, 2.24) is 10.2 Å². The number of aliphatic hydroxyl groups is 1. The summed E-state index contributed by atoms with van der Waals surface area (Å²) in [6.45, 7) is 7.95. The molecular weight excluding hydrogens is 284 g/mol. The summed E-state index contributed by atoms with van der Waals surface area (Å²) in [5.41, 5.74) is -0.479. The lowest BCUT2D eigenvalue weighted by atomic mass is 9.92. The van der Waals surface area contributed by atoms with Crippen LogP contribution in [0.5, 0.6) is 0 Å². The number of amides is 1. The molecule has 2 fully saturated rings. The molecule has 2 N–H and O–H groups in total. The van der Waals surface area contributed by atoms with Crippen LogP contribution in [0, 0.1) is 0 Å². The Kier molecular flexibility index (Phi) is 6.06. The van der Waals surface area contributed by atoms with Gasteiger partial charge in [-0.3, -0.25) is 0 Å². The molecule has 1 aliphatic carbocycles. The van der Waals surface area contributed by atoms with Gasteiger partial charge < -0.3 is 24.8 Å². The third-order valence-corrected chi connectivity index (χ3v) is 4.09. The van der Waals surface area contributed by atoms with Gasteiger partial charge in [-0.2, -0.15) is 0 Å². The fourth-order valence-corrected chi connectivity index (χ4v) is 2.98. The van der Waals surface area contributed by atoms with Crippen molar-refractivity contribution in [2.24, 2.45) is 0 Å². The second kappa shape index (κ2) is 7.62. The van der Waals surface area contributed by atoms with E-state index in [1.807, 2.05) is 20.8 Å². The van der Waals surface area contributed by atoms with Crippen molar-refractivity contribution in [1.29, 1.82) is 0 Å². The van der Waals surface area contributed by atoms with E-state index in [1.54, 1.807) is 4.90 Å². The number of ether oxygens (including phenoxy) is 2. The van der Waals surface area contributed by atoms with Gasteiger partial charge in [0.1, 0.15) is 5.60 Å². The Morgan fingerprint density at radius 2 is 1.91 bits per heavy atom. The first kappa shape index (κ1) is 17.5. The van der Waals surface area contributed by atoms with Gasteiger partial charge in [0.05, 0.1) is 19.3 Å². The molecule has 1 amide bonds. The van der Waals surface area contributed by atoms with Crippen LogP contribution in [0.4, 0.5) is 4.79 Å². The van der Waals surface area contributed by atoms with Crippen molar-refractivity contribution in [3.63, 3.8) is 0 Å². The normalized spacial score (nSPS) is 30.7. The van der Waals surface area contributed by atoms with Gasteiger partial charge in [-0.05, 0) is 46.5 Å². The minimum absolute atomic E-state index is 0.121. The lowest BCUT2D eigenvalue weighted by Gasteiger charge is -2.32. The molecule has 0 aromatic heterocycles. The van der Waals surface area contributed by atoms with Crippen LogP contribution in [0.15, 0.2) is 0 Å². The molecule has 0 bridgehead atoms. The predicted molar refractivity (Wildman–Crippen MR) is 83.8 cm³/mol. The summed E-state index contributed by atoms with van der Waals surface area (Å²) in [6.07, 6.45) is 3.22. The minimum atomic E-state index is -0.479. The van der Waals surface area contributed by atoms with Gasteiger partial charge in [-0.1, -0.05) is 0 Å².